The van der Waals surface area contributed by atoms with Gasteiger partial charge in [-0.05, 0) is 19.0 Å². The Morgan fingerprint density at radius 2 is 1.88 bits per heavy atom. The first-order valence-electron chi connectivity index (χ1n) is 9.27. The molecule has 2 aromatic rings. The lowest BCUT2D eigenvalue weighted by Crippen LogP contribution is -2.46. The highest BCUT2D eigenvalue weighted by molar-refractivity contribution is 7.20. The molecule has 2 aromatic heterocycles. The molecule has 4 heterocycles. The van der Waals surface area contributed by atoms with E-state index in [0.717, 1.165) is 59.2 Å². The molecule has 26 heavy (non-hydrogen) atoms. The van der Waals surface area contributed by atoms with Crippen molar-refractivity contribution in [3.8, 4) is 0 Å². The number of aryl methyl sites for hydroxylation is 1. The number of nitrogens with zero attached hydrogens (tertiary/aromatic N) is 5. The number of likely N-dealkylation sites (N-methyl/N-ethyl adjacent to an activating group) is 1. The second-order valence-corrected chi connectivity index (χ2v) is 7.76. The monoisotopic (exact) mass is 375 g/mol. The summed E-state index contributed by atoms with van der Waals surface area (Å²) in [4.78, 5) is 30.4. The molecule has 0 bridgehead atoms. The first-order valence-corrected chi connectivity index (χ1v) is 10.1. The molecule has 7 nitrogen and oxygen atoms in total. The first kappa shape index (κ1) is 17.6. The fourth-order valence-electron chi connectivity index (χ4n) is 3.68. The molecule has 0 saturated carbocycles. The van der Waals surface area contributed by atoms with Crippen molar-refractivity contribution in [1.29, 1.82) is 0 Å². The Labute approximate surface area is 157 Å². The molecule has 8 heteroatoms. The van der Waals surface area contributed by atoms with Crippen LogP contribution in [0, 0.1) is 6.92 Å². The van der Waals surface area contributed by atoms with Crippen LogP contribution in [0.3, 0.4) is 0 Å². The van der Waals surface area contributed by atoms with Crippen LogP contribution in [-0.4, -0.2) is 84.7 Å². The average Bonchev–Trinajstić information content (AvgIpc) is 3.05. The Morgan fingerprint density at radius 3 is 2.58 bits per heavy atom. The number of carbonyl (C=O) groups excluding carboxylic acids is 1. The number of hydrogen-bond acceptors (Lipinski definition) is 7. The number of ether oxygens (including phenoxy) is 1. The first-order chi connectivity index (χ1) is 12.7. The van der Waals surface area contributed by atoms with Crippen LogP contribution in [0.15, 0.2) is 6.33 Å². The fourth-order valence-corrected chi connectivity index (χ4v) is 4.79. The Kier molecular flexibility index (Phi) is 5.06. The van der Waals surface area contributed by atoms with Gasteiger partial charge in [-0.25, -0.2) is 9.97 Å². The third-order valence-electron chi connectivity index (χ3n) is 5.32. The molecule has 2 saturated heterocycles. The number of thiophene rings is 1. The maximum atomic E-state index is 13.0. The maximum Gasteiger partial charge on any atom is 0.264 e. The van der Waals surface area contributed by atoms with Gasteiger partial charge in [-0.15, -0.1) is 11.3 Å². The van der Waals surface area contributed by atoms with Crippen molar-refractivity contribution < 1.29 is 9.53 Å². The standard InChI is InChI=1S/C18H25N5O2S/c1-3-21-4-6-22(7-5-21)16-14-13(2)15(26-17(14)20-12-19-16)18(24)23-8-10-25-11-9-23/h12H,3-11H2,1-2H3. The Morgan fingerprint density at radius 1 is 1.15 bits per heavy atom. The summed E-state index contributed by atoms with van der Waals surface area (Å²) >= 11 is 1.49. The highest BCUT2D eigenvalue weighted by atomic mass is 32.1. The normalized spacial score (nSPS) is 19.3. The zero-order chi connectivity index (χ0) is 18.1. The molecular weight excluding hydrogens is 350 g/mol. The van der Waals surface area contributed by atoms with Crippen LogP contribution < -0.4 is 4.90 Å². The molecule has 0 atom stereocenters. The van der Waals surface area contributed by atoms with Crippen LogP contribution in [-0.2, 0) is 4.74 Å². The van der Waals surface area contributed by atoms with Gasteiger partial charge in [-0.3, -0.25) is 4.79 Å². The highest BCUT2D eigenvalue weighted by Gasteiger charge is 2.27. The van der Waals surface area contributed by atoms with Crippen molar-refractivity contribution >= 4 is 33.3 Å². The molecule has 0 aromatic carbocycles. The summed E-state index contributed by atoms with van der Waals surface area (Å²) in [6.07, 6.45) is 1.63. The van der Waals surface area contributed by atoms with Gasteiger partial charge < -0.3 is 19.4 Å². The molecule has 140 valence electrons. The van der Waals surface area contributed by atoms with Gasteiger partial charge >= 0.3 is 0 Å². The molecular formula is C18H25N5O2S. The number of fused-ring (bicyclic) bond motifs is 1. The summed E-state index contributed by atoms with van der Waals surface area (Å²) < 4.78 is 5.37. The minimum absolute atomic E-state index is 0.0931. The molecule has 2 fully saturated rings. The van der Waals surface area contributed by atoms with Gasteiger partial charge in [-0.1, -0.05) is 6.92 Å². The summed E-state index contributed by atoms with van der Waals surface area (Å²) in [5.41, 5.74) is 1.01. The zero-order valence-corrected chi connectivity index (χ0v) is 16.2. The quantitative estimate of drug-likeness (QED) is 0.812. The predicted octanol–water partition coefficient (Wildman–Crippen LogP) is 1.61. The van der Waals surface area contributed by atoms with Crippen molar-refractivity contribution in [1.82, 2.24) is 19.8 Å². The summed E-state index contributed by atoms with van der Waals surface area (Å²) in [7, 11) is 0. The summed E-state index contributed by atoms with van der Waals surface area (Å²) in [5.74, 6) is 1.07. The fraction of sp³-hybridized carbons (Fsp3) is 0.611. The number of anilines is 1. The Bertz CT molecular complexity index is 794. The van der Waals surface area contributed by atoms with Gasteiger partial charge in [0.15, 0.2) is 0 Å². The van der Waals surface area contributed by atoms with E-state index in [1.807, 2.05) is 11.8 Å². The second-order valence-electron chi connectivity index (χ2n) is 6.76. The van der Waals surface area contributed by atoms with Crippen molar-refractivity contribution in [2.75, 3.05) is 63.9 Å². The molecule has 1 amide bonds. The van der Waals surface area contributed by atoms with Crippen molar-refractivity contribution in [3.63, 3.8) is 0 Å². The van der Waals surface area contributed by atoms with Gasteiger partial charge in [0.1, 0.15) is 17.0 Å². The smallest absolute Gasteiger partial charge is 0.264 e. The van der Waals surface area contributed by atoms with E-state index in [1.165, 1.54) is 11.3 Å². The molecule has 2 aliphatic rings. The number of carbonyl (C=O) groups is 1. The van der Waals surface area contributed by atoms with Gasteiger partial charge in [0.25, 0.3) is 5.91 Å². The van der Waals surface area contributed by atoms with E-state index >= 15 is 0 Å². The number of amides is 1. The lowest BCUT2D eigenvalue weighted by atomic mass is 10.1. The molecule has 2 aliphatic heterocycles. The van der Waals surface area contributed by atoms with Crippen LogP contribution in [0.5, 0.6) is 0 Å². The lowest BCUT2D eigenvalue weighted by molar-refractivity contribution is 0.0306. The summed E-state index contributed by atoms with van der Waals surface area (Å²) in [5, 5.41) is 1.04. The molecule has 0 aliphatic carbocycles. The van der Waals surface area contributed by atoms with Crippen LogP contribution in [0.25, 0.3) is 10.2 Å². The molecule has 4 rings (SSSR count). The number of rotatable bonds is 3. The maximum absolute atomic E-state index is 13.0. The van der Waals surface area contributed by atoms with Gasteiger partial charge in [0, 0.05) is 39.3 Å². The lowest BCUT2D eigenvalue weighted by Gasteiger charge is -2.35. The van der Waals surface area contributed by atoms with Crippen LogP contribution >= 0.6 is 11.3 Å². The largest absolute Gasteiger partial charge is 0.378 e. The number of piperazine rings is 1. The number of aromatic nitrogens is 2. The second kappa shape index (κ2) is 7.46. The minimum Gasteiger partial charge on any atom is -0.378 e. The number of hydrogen-bond donors (Lipinski definition) is 0. The minimum atomic E-state index is 0.0931. The van der Waals surface area contributed by atoms with Crippen LogP contribution in [0.4, 0.5) is 5.82 Å². The van der Waals surface area contributed by atoms with E-state index < -0.39 is 0 Å². The zero-order valence-electron chi connectivity index (χ0n) is 15.4. The molecule has 0 spiro atoms. The van der Waals surface area contributed by atoms with Crippen molar-refractivity contribution in [3.05, 3.63) is 16.8 Å². The number of morpholine rings is 1. The van der Waals surface area contributed by atoms with E-state index in [4.69, 9.17) is 4.74 Å². The van der Waals surface area contributed by atoms with Crippen LogP contribution in [0.2, 0.25) is 0 Å². The Balaban J connectivity index is 1.66. The predicted molar refractivity (Wildman–Crippen MR) is 103 cm³/mol. The van der Waals surface area contributed by atoms with E-state index in [0.29, 0.717) is 26.3 Å². The molecule has 0 radical (unpaired) electrons. The molecule has 0 unspecified atom stereocenters. The average molecular weight is 375 g/mol. The van der Waals surface area contributed by atoms with E-state index in [1.54, 1.807) is 6.33 Å². The van der Waals surface area contributed by atoms with Gasteiger partial charge in [0.2, 0.25) is 0 Å². The van der Waals surface area contributed by atoms with E-state index in [-0.39, 0.29) is 5.91 Å². The topological polar surface area (TPSA) is 61.8 Å². The van der Waals surface area contributed by atoms with Gasteiger partial charge in [0.05, 0.1) is 23.5 Å². The molecule has 0 N–H and O–H groups in total. The summed E-state index contributed by atoms with van der Waals surface area (Å²) in [6.45, 7) is 11.9. The Hall–Kier alpha value is -1.77. The van der Waals surface area contributed by atoms with E-state index in [9.17, 15) is 4.79 Å². The van der Waals surface area contributed by atoms with Crippen molar-refractivity contribution in [2.24, 2.45) is 0 Å². The van der Waals surface area contributed by atoms with Crippen molar-refractivity contribution in [2.45, 2.75) is 13.8 Å². The third-order valence-corrected chi connectivity index (χ3v) is 6.51. The SMILES string of the molecule is CCN1CCN(c2ncnc3sc(C(=O)N4CCOCC4)c(C)c23)CC1. The van der Waals surface area contributed by atoms with Gasteiger partial charge in [-0.2, -0.15) is 0 Å². The highest BCUT2D eigenvalue weighted by Crippen LogP contribution is 2.35. The third kappa shape index (κ3) is 3.17. The summed E-state index contributed by atoms with van der Waals surface area (Å²) in [6, 6.07) is 0. The van der Waals surface area contributed by atoms with Crippen LogP contribution in [0.1, 0.15) is 22.2 Å². The van der Waals surface area contributed by atoms with E-state index in [2.05, 4.69) is 26.7 Å².